The number of aliphatic hydroxyl groups excluding tert-OH is 1. The minimum absolute atomic E-state index is 0.0532. The second-order valence-electron chi connectivity index (χ2n) is 4.61. The second-order valence-corrected chi connectivity index (χ2v) is 5.05. The summed E-state index contributed by atoms with van der Waals surface area (Å²) in [5.74, 6) is -1.07. The van der Waals surface area contributed by atoms with E-state index in [1.165, 1.54) is 18.2 Å². The minimum atomic E-state index is -0.590. The van der Waals surface area contributed by atoms with Crippen molar-refractivity contribution in [3.63, 3.8) is 0 Å². The van der Waals surface area contributed by atoms with Gasteiger partial charge in [-0.15, -0.1) is 0 Å². The number of aliphatic hydroxyl groups is 1. The molecule has 0 spiro atoms. The summed E-state index contributed by atoms with van der Waals surface area (Å²) >= 11 is 5.74. The van der Waals surface area contributed by atoms with Crippen molar-refractivity contribution in [2.75, 3.05) is 0 Å². The van der Waals surface area contributed by atoms with Crippen LogP contribution in [0.25, 0.3) is 0 Å². The van der Waals surface area contributed by atoms with Gasteiger partial charge in [0.2, 0.25) is 0 Å². The number of amides is 1. The third kappa shape index (κ3) is 3.21. The van der Waals surface area contributed by atoms with Crippen LogP contribution in [0.1, 0.15) is 36.0 Å². The lowest BCUT2D eigenvalue weighted by molar-refractivity contribution is 0.0846. The van der Waals surface area contributed by atoms with Crippen LogP contribution in [0.5, 0.6) is 0 Å². The van der Waals surface area contributed by atoms with Crippen molar-refractivity contribution in [3.05, 3.63) is 34.6 Å². The number of nitrogens with one attached hydrogen (secondary N) is 1. The summed E-state index contributed by atoms with van der Waals surface area (Å²) in [5, 5.41) is 12.6. The van der Waals surface area contributed by atoms with Crippen molar-refractivity contribution in [3.8, 4) is 0 Å². The van der Waals surface area contributed by atoms with Crippen LogP contribution in [0.3, 0.4) is 0 Å². The second kappa shape index (κ2) is 5.67. The quantitative estimate of drug-likeness (QED) is 0.868. The summed E-state index contributed by atoms with van der Waals surface area (Å²) in [5.41, 5.74) is -0.0532. The average molecular weight is 272 g/mol. The van der Waals surface area contributed by atoms with E-state index in [0.717, 1.165) is 19.3 Å². The van der Waals surface area contributed by atoms with E-state index in [-0.39, 0.29) is 17.7 Å². The maximum atomic E-state index is 13.5. The van der Waals surface area contributed by atoms with E-state index < -0.39 is 11.7 Å². The lowest BCUT2D eigenvalue weighted by Gasteiger charge is -2.26. The van der Waals surface area contributed by atoms with Gasteiger partial charge < -0.3 is 10.4 Å². The van der Waals surface area contributed by atoms with E-state index in [4.69, 9.17) is 11.6 Å². The highest BCUT2D eigenvalue weighted by Gasteiger charge is 2.23. The van der Waals surface area contributed by atoms with Crippen LogP contribution >= 0.6 is 11.6 Å². The number of carbonyl (C=O) groups excluding carboxylic acids is 1. The van der Waals surface area contributed by atoms with Gasteiger partial charge in [0, 0.05) is 11.1 Å². The van der Waals surface area contributed by atoms with E-state index in [2.05, 4.69) is 5.32 Å². The van der Waals surface area contributed by atoms with Gasteiger partial charge in [0.1, 0.15) is 5.82 Å². The monoisotopic (exact) mass is 271 g/mol. The van der Waals surface area contributed by atoms with Crippen molar-refractivity contribution in [1.29, 1.82) is 0 Å². The van der Waals surface area contributed by atoms with Crippen LogP contribution in [0, 0.1) is 5.82 Å². The smallest absolute Gasteiger partial charge is 0.254 e. The molecule has 0 aliphatic heterocycles. The van der Waals surface area contributed by atoms with Crippen molar-refractivity contribution < 1.29 is 14.3 Å². The molecule has 0 saturated heterocycles. The van der Waals surface area contributed by atoms with Gasteiger partial charge in [-0.05, 0) is 43.9 Å². The molecule has 5 heteroatoms. The molecule has 1 fully saturated rings. The molecule has 1 aromatic rings. The van der Waals surface area contributed by atoms with Gasteiger partial charge >= 0.3 is 0 Å². The van der Waals surface area contributed by atoms with Crippen LogP contribution in [0.15, 0.2) is 18.2 Å². The van der Waals surface area contributed by atoms with Crippen LogP contribution in [0.2, 0.25) is 5.02 Å². The molecular weight excluding hydrogens is 257 g/mol. The summed E-state index contributed by atoms with van der Waals surface area (Å²) in [6.07, 6.45) is 2.58. The fourth-order valence-electron chi connectivity index (χ4n) is 2.23. The fraction of sp³-hybridized carbons (Fsp3) is 0.462. The van der Waals surface area contributed by atoms with E-state index >= 15 is 0 Å². The largest absolute Gasteiger partial charge is 0.393 e. The Kier molecular flexibility index (Phi) is 4.19. The zero-order valence-corrected chi connectivity index (χ0v) is 10.6. The molecule has 1 amide bonds. The Bertz CT molecular complexity index is 453. The first kappa shape index (κ1) is 13.3. The molecule has 0 radical (unpaired) electrons. The first-order chi connectivity index (χ1) is 8.56. The molecule has 1 aromatic carbocycles. The summed E-state index contributed by atoms with van der Waals surface area (Å²) in [6.45, 7) is 0. The third-order valence-electron chi connectivity index (χ3n) is 3.15. The molecule has 3 nitrogen and oxygen atoms in total. The molecule has 2 rings (SSSR count). The summed E-state index contributed by atoms with van der Waals surface area (Å²) < 4.78 is 13.5. The standard InChI is InChI=1S/C13H15ClFNO2/c14-8-4-5-12(15)11(6-8)13(18)16-9-2-1-3-10(17)7-9/h4-6,9-10,17H,1-3,7H2,(H,16,18). The molecule has 1 aliphatic carbocycles. The van der Waals surface area contributed by atoms with Gasteiger partial charge in [0.25, 0.3) is 5.91 Å². The molecule has 18 heavy (non-hydrogen) atoms. The van der Waals surface area contributed by atoms with Crippen LogP contribution in [-0.2, 0) is 0 Å². The van der Waals surface area contributed by atoms with Crippen LogP contribution in [0.4, 0.5) is 4.39 Å². The first-order valence-corrected chi connectivity index (χ1v) is 6.38. The molecule has 0 bridgehead atoms. The predicted octanol–water partition coefficient (Wildman–Crippen LogP) is 2.51. The Hall–Kier alpha value is -1.13. The summed E-state index contributed by atoms with van der Waals surface area (Å²) in [7, 11) is 0. The predicted molar refractivity (Wildman–Crippen MR) is 67.1 cm³/mol. The zero-order valence-electron chi connectivity index (χ0n) is 9.83. The maximum Gasteiger partial charge on any atom is 0.254 e. The molecule has 1 saturated carbocycles. The van der Waals surface area contributed by atoms with Crippen molar-refractivity contribution >= 4 is 17.5 Å². The lowest BCUT2D eigenvalue weighted by Crippen LogP contribution is -2.40. The van der Waals surface area contributed by atoms with Gasteiger partial charge in [-0.25, -0.2) is 4.39 Å². The van der Waals surface area contributed by atoms with Crippen LogP contribution in [-0.4, -0.2) is 23.2 Å². The molecule has 2 N–H and O–H groups in total. The summed E-state index contributed by atoms with van der Waals surface area (Å²) in [6, 6.07) is 3.79. The van der Waals surface area contributed by atoms with Crippen molar-refractivity contribution in [2.45, 2.75) is 37.8 Å². The Balaban J connectivity index is 2.05. The Morgan fingerprint density at radius 1 is 1.44 bits per heavy atom. The zero-order chi connectivity index (χ0) is 13.1. The molecule has 98 valence electrons. The lowest BCUT2D eigenvalue weighted by atomic mass is 9.93. The highest BCUT2D eigenvalue weighted by molar-refractivity contribution is 6.31. The SMILES string of the molecule is O=C(NC1CCCC(O)C1)c1cc(Cl)ccc1F. The number of benzene rings is 1. The van der Waals surface area contributed by atoms with E-state index in [0.29, 0.717) is 11.4 Å². The normalized spacial score (nSPS) is 23.7. The molecular formula is C13H15ClFNO2. The third-order valence-corrected chi connectivity index (χ3v) is 3.39. The molecule has 0 aromatic heterocycles. The maximum absolute atomic E-state index is 13.5. The molecule has 2 atom stereocenters. The molecule has 1 aliphatic rings. The van der Waals surface area contributed by atoms with E-state index in [1.54, 1.807) is 0 Å². The molecule has 0 heterocycles. The first-order valence-electron chi connectivity index (χ1n) is 6.00. The highest BCUT2D eigenvalue weighted by Crippen LogP contribution is 2.20. The van der Waals surface area contributed by atoms with E-state index in [9.17, 15) is 14.3 Å². The van der Waals surface area contributed by atoms with Crippen LogP contribution < -0.4 is 5.32 Å². The highest BCUT2D eigenvalue weighted by atomic mass is 35.5. The average Bonchev–Trinajstić information content (AvgIpc) is 2.32. The number of carbonyl (C=O) groups is 1. The van der Waals surface area contributed by atoms with Gasteiger partial charge in [-0.1, -0.05) is 11.6 Å². The fourth-order valence-corrected chi connectivity index (χ4v) is 2.40. The number of rotatable bonds is 2. The number of halogens is 2. The minimum Gasteiger partial charge on any atom is -0.393 e. The molecule has 2 unspecified atom stereocenters. The summed E-state index contributed by atoms with van der Waals surface area (Å²) in [4.78, 5) is 11.9. The Labute approximate surface area is 110 Å². The van der Waals surface area contributed by atoms with Gasteiger partial charge in [0.05, 0.1) is 11.7 Å². The van der Waals surface area contributed by atoms with Gasteiger partial charge in [-0.2, -0.15) is 0 Å². The number of hydrogen-bond donors (Lipinski definition) is 2. The van der Waals surface area contributed by atoms with Gasteiger partial charge in [-0.3, -0.25) is 4.79 Å². The van der Waals surface area contributed by atoms with E-state index in [1.807, 2.05) is 0 Å². The Morgan fingerprint density at radius 2 is 2.22 bits per heavy atom. The Morgan fingerprint density at radius 3 is 2.94 bits per heavy atom. The number of hydrogen-bond acceptors (Lipinski definition) is 2. The topological polar surface area (TPSA) is 49.3 Å². The van der Waals surface area contributed by atoms with Gasteiger partial charge in [0.15, 0.2) is 0 Å². The van der Waals surface area contributed by atoms with Crippen molar-refractivity contribution in [1.82, 2.24) is 5.32 Å². The van der Waals surface area contributed by atoms with Crippen molar-refractivity contribution in [2.24, 2.45) is 0 Å².